The molecule has 2 aromatic rings. The van der Waals surface area contributed by atoms with E-state index in [4.69, 9.17) is 0 Å². The summed E-state index contributed by atoms with van der Waals surface area (Å²) >= 11 is 0. The van der Waals surface area contributed by atoms with Crippen LogP contribution in [0.15, 0.2) is 59.9 Å². The Hall–Kier alpha value is -2.89. The van der Waals surface area contributed by atoms with Gasteiger partial charge in [0.1, 0.15) is 6.54 Å². The summed E-state index contributed by atoms with van der Waals surface area (Å²) in [7, 11) is 0. The zero-order valence-electron chi connectivity index (χ0n) is 16.6. The smallest absolute Gasteiger partial charge is 0.246 e. The minimum absolute atomic E-state index is 0.0875. The number of amides is 1. The van der Waals surface area contributed by atoms with Crippen LogP contribution < -0.4 is 10.6 Å². The van der Waals surface area contributed by atoms with Crippen LogP contribution in [0.25, 0.3) is 0 Å². The molecule has 0 spiro atoms. The first-order chi connectivity index (χ1) is 13.7. The summed E-state index contributed by atoms with van der Waals surface area (Å²) < 4.78 is 0. The van der Waals surface area contributed by atoms with Crippen molar-refractivity contribution >= 4 is 17.6 Å². The fourth-order valence-corrected chi connectivity index (χ4v) is 3.74. The van der Waals surface area contributed by atoms with Gasteiger partial charge in [-0.1, -0.05) is 37.3 Å². The average molecular weight is 380 g/mol. The quantitative estimate of drug-likeness (QED) is 0.619. The minimum Gasteiger partial charge on any atom is -0.357 e. The Balaban J connectivity index is 1.60. The third-order valence-corrected chi connectivity index (χ3v) is 5.09. The second-order valence-corrected chi connectivity index (χ2v) is 7.19. The lowest BCUT2D eigenvalue weighted by atomic mass is 9.82. The van der Waals surface area contributed by atoms with Crippen molar-refractivity contribution in [3.8, 4) is 0 Å². The van der Waals surface area contributed by atoms with E-state index in [0.29, 0.717) is 17.5 Å². The number of benzene rings is 1. The molecule has 0 saturated carbocycles. The molecule has 148 valence electrons. The summed E-state index contributed by atoms with van der Waals surface area (Å²) in [4.78, 5) is 23.1. The molecule has 1 amide bonds. The lowest BCUT2D eigenvalue weighted by molar-refractivity contribution is -0.114. The number of pyridine rings is 1. The van der Waals surface area contributed by atoms with E-state index in [0.717, 1.165) is 32.0 Å². The largest absolute Gasteiger partial charge is 0.357 e. The SMILES string of the molecule is CCNC(=NCC(=O)Nc1cccnc1)N1CCC(c2ccccc2)C(C)C1. The molecule has 28 heavy (non-hydrogen) atoms. The Kier molecular flexibility index (Phi) is 7.00. The van der Waals surface area contributed by atoms with Gasteiger partial charge in [-0.05, 0) is 42.9 Å². The molecule has 1 fully saturated rings. The van der Waals surface area contributed by atoms with Gasteiger partial charge in [0.25, 0.3) is 0 Å². The van der Waals surface area contributed by atoms with E-state index in [-0.39, 0.29) is 12.5 Å². The van der Waals surface area contributed by atoms with Gasteiger partial charge >= 0.3 is 0 Å². The van der Waals surface area contributed by atoms with Crippen molar-refractivity contribution in [2.45, 2.75) is 26.2 Å². The monoisotopic (exact) mass is 379 g/mol. The predicted octanol–water partition coefficient (Wildman–Crippen LogP) is 3.11. The van der Waals surface area contributed by atoms with Crippen LogP contribution >= 0.6 is 0 Å². The summed E-state index contributed by atoms with van der Waals surface area (Å²) in [6.07, 6.45) is 4.39. The molecule has 3 rings (SSSR count). The summed E-state index contributed by atoms with van der Waals surface area (Å²) in [5.74, 6) is 1.75. The van der Waals surface area contributed by atoms with E-state index < -0.39 is 0 Å². The molecule has 6 nitrogen and oxygen atoms in total. The number of guanidine groups is 1. The number of carbonyl (C=O) groups excluding carboxylic acids is 1. The van der Waals surface area contributed by atoms with Crippen LogP contribution in [0.5, 0.6) is 0 Å². The molecule has 2 atom stereocenters. The maximum absolute atomic E-state index is 12.2. The summed E-state index contributed by atoms with van der Waals surface area (Å²) in [5.41, 5.74) is 2.09. The lowest BCUT2D eigenvalue weighted by Gasteiger charge is -2.39. The number of likely N-dealkylation sites (tertiary alicyclic amines) is 1. The number of nitrogens with zero attached hydrogens (tertiary/aromatic N) is 3. The molecular weight excluding hydrogens is 350 g/mol. The first kappa shape index (κ1) is 19.9. The first-order valence-electron chi connectivity index (χ1n) is 9.95. The van der Waals surface area contributed by atoms with Crippen LogP contribution in [0.1, 0.15) is 31.7 Å². The molecule has 2 N–H and O–H groups in total. The molecule has 0 bridgehead atoms. The van der Waals surface area contributed by atoms with Gasteiger partial charge in [0.2, 0.25) is 5.91 Å². The van der Waals surface area contributed by atoms with Crippen LogP contribution in [0.2, 0.25) is 0 Å². The Morgan fingerprint density at radius 1 is 1.25 bits per heavy atom. The van der Waals surface area contributed by atoms with Gasteiger partial charge in [0, 0.05) is 25.8 Å². The molecule has 2 unspecified atom stereocenters. The van der Waals surface area contributed by atoms with Crippen LogP contribution in [-0.2, 0) is 4.79 Å². The standard InChI is InChI=1S/C22H29N5O/c1-3-24-22(25-15-21(28)26-19-10-7-12-23-14-19)27-13-11-20(17(2)16-27)18-8-5-4-6-9-18/h4-10,12,14,17,20H,3,11,13,15-16H2,1-2H3,(H,24,25)(H,26,28). The lowest BCUT2D eigenvalue weighted by Crippen LogP contribution is -2.48. The molecule has 2 heterocycles. The Labute approximate surface area is 167 Å². The van der Waals surface area contributed by atoms with Crippen LogP contribution in [0, 0.1) is 5.92 Å². The number of carbonyl (C=O) groups is 1. The van der Waals surface area contributed by atoms with Gasteiger partial charge in [0.05, 0.1) is 11.9 Å². The topological polar surface area (TPSA) is 69.6 Å². The number of anilines is 1. The van der Waals surface area contributed by atoms with Crippen LogP contribution in [0.3, 0.4) is 0 Å². The minimum atomic E-state index is -0.143. The van der Waals surface area contributed by atoms with Crippen molar-refractivity contribution in [1.82, 2.24) is 15.2 Å². The number of aromatic nitrogens is 1. The van der Waals surface area contributed by atoms with Gasteiger partial charge in [0.15, 0.2) is 5.96 Å². The van der Waals surface area contributed by atoms with Crippen molar-refractivity contribution in [1.29, 1.82) is 0 Å². The highest BCUT2D eigenvalue weighted by atomic mass is 16.1. The maximum atomic E-state index is 12.2. The second kappa shape index (κ2) is 9.88. The third-order valence-electron chi connectivity index (χ3n) is 5.09. The fraction of sp³-hybridized carbons (Fsp3) is 0.409. The molecule has 6 heteroatoms. The Bertz CT molecular complexity index is 778. The number of piperidine rings is 1. The van der Waals surface area contributed by atoms with Crippen molar-refractivity contribution in [2.24, 2.45) is 10.9 Å². The molecule has 0 radical (unpaired) electrons. The number of rotatable bonds is 5. The number of hydrogen-bond acceptors (Lipinski definition) is 3. The van der Waals surface area contributed by atoms with Crippen molar-refractivity contribution < 1.29 is 4.79 Å². The van der Waals surface area contributed by atoms with E-state index in [9.17, 15) is 4.79 Å². The predicted molar refractivity (Wildman–Crippen MR) is 113 cm³/mol. The van der Waals surface area contributed by atoms with E-state index in [1.165, 1.54) is 5.56 Å². The van der Waals surface area contributed by atoms with E-state index in [2.05, 4.69) is 62.8 Å². The molecule has 0 aliphatic carbocycles. The normalized spacial score (nSPS) is 19.9. The summed E-state index contributed by atoms with van der Waals surface area (Å²) in [6.45, 7) is 7.06. The van der Waals surface area contributed by atoms with Crippen molar-refractivity contribution in [3.05, 3.63) is 60.4 Å². The molecule has 1 aliphatic heterocycles. The van der Waals surface area contributed by atoms with E-state index >= 15 is 0 Å². The van der Waals surface area contributed by atoms with E-state index in [1.54, 1.807) is 18.5 Å². The van der Waals surface area contributed by atoms with Crippen molar-refractivity contribution in [3.63, 3.8) is 0 Å². The van der Waals surface area contributed by atoms with Crippen LogP contribution in [0.4, 0.5) is 5.69 Å². The summed E-state index contributed by atoms with van der Waals surface area (Å²) in [5, 5.41) is 6.16. The van der Waals surface area contributed by atoms with Gasteiger partial charge in [-0.3, -0.25) is 9.78 Å². The zero-order valence-corrected chi connectivity index (χ0v) is 16.6. The molecule has 1 aromatic carbocycles. The summed E-state index contributed by atoms with van der Waals surface area (Å²) in [6, 6.07) is 14.3. The van der Waals surface area contributed by atoms with Gasteiger partial charge in [-0.25, -0.2) is 4.99 Å². The molecule has 1 saturated heterocycles. The number of nitrogens with one attached hydrogen (secondary N) is 2. The average Bonchev–Trinajstić information content (AvgIpc) is 2.72. The number of hydrogen-bond donors (Lipinski definition) is 2. The molecule has 1 aliphatic rings. The second-order valence-electron chi connectivity index (χ2n) is 7.19. The highest BCUT2D eigenvalue weighted by Gasteiger charge is 2.28. The molecule has 1 aromatic heterocycles. The van der Waals surface area contributed by atoms with E-state index in [1.807, 2.05) is 13.0 Å². The van der Waals surface area contributed by atoms with Gasteiger partial charge < -0.3 is 15.5 Å². The first-order valence-corrected chi connectivity index (χ1v) is 9.95. The highest BCUT2D eigenvalue weighted by Crippen LogP contribution is 2.32. The van der Waals surface area contributed by atoms with Crippen molar-refractivity contribution in [2.75, 3.05) is 31.5 Å². The third kappa shape index (κ3) is 5.31. The highest BCUT2D eigenvalue weighted by molar-refractivity contribution is 5.93. The van der Waals surface area contributed by atoms with Crippen LogP contribution in [-0.4, -0.2) is 47.9 Å². The maximum Gasteiger partial charge on any atom is 0.246 e. The zero-order chi connectivity index (χ0) is 19.8. The van der Waals surface area contributed by atoms with Gasteiger partial charge in [-0.2, -0.15) is 0 Å². The molecular formula is C22H29N5O. The van der Waals surface area contributed by atoms with Gasteiger partial charge in [-0.15, -0.1) is 0 Å². The number of aliphatic imine (C=N–C) groups is 1. The Morgan fingerprint density at radius 3 is 2.75 bits per heavy atom. The Morgan fingerprint density at radius 2 is 2.07 bits per heavy atom. The fourth-order valence-electron chi connectivity index (χ4n) is 3.74.